The summed E-state index contributed by atoms with van der Waals surface area (Å²) in [6.07, 6.45) is 3.74. The molecule has 0 aliphatic rings. The second-order valence-electron chi connectivity index (χ2n) is 4.02. The number of carboxylic acid groups (broad SMARTS) is 1. The van der Waals surface area contributed by atoms with E-state index in [0.29, 0.717) is 12.1 Å². The van der Waals surface area contributed by atoms with Gasteiger partial charge < -0.3 is 21.1 Å². The Labute approximate surface area is 105 Å². The van der Waals surface area contributed by atoms with Crippen LogP contribution in [-0.2, 0) is 16.0 Å². The molecule has 0 saturated carbocycles. The van der Waals surface area contributed by atoms with E-state index < -0.39 is 12.0 Å². The molecule has 1 aromatic heterocycles. The molecule has 0 bridgehead atoms. The third-order valence-corrected chi connectivity index (χ3v) is 2.74. The molecule has 0 aromatic carbocycles. The van der Waals surface area contributed by atoms with Crippen molar-refractivity contribution < 1.29 is 14.7 Å². The number of nitrogens with one attached hydrogen (secondary N) is 2. The lowest BCUT2D eigenvalue weighted by Crippen LogP contribution is -2.46. The monoisotopic (exact) mass is 254 g/mol. The average molecular weight is 254 g/mol. The van der Waals surface area contributed by atoms with Crippen LogP contribution in [-0.4, -0.2) is 39.5 Å². The molecule has 0 radical (unpaired) electrons. The van der Waals surface area contributed by atoms with Gasteiger partial charge in [-0.3, -0.25) is 4.79 Å². The molecule has 7 heteroatoms. The fourth-order valence-corrected chi connectivity index (χ4v) is 1.56. The summed E-state index contributed by atoms with van der Waals surface area (Å²) in [7, 11) is 0. The van der Waals surface area contributed by atoms with Gasteiger partial charge in [0.25, 0.3) is 0 Å². The highest BCUT2D eigenvalue weighted by Crippen LogP contribution is 2.03. The molecule has 7 nitrogen and oxygen atoms in total. The van der Waals surface area contributed by atoms with Gasteiger partial charge in [-0.15, -0.1) is 0 Å². The summed E-state index contributed by atoms with van der Waals surface area (Å²) >= 11 is 0. The maximum atomic E-state index is 11.8. The zero-order valence-electron chi connectivity index (χ0n) is 10.2. The van der Waals surface area contributed by atoms with Gasteiger partial charge in [0.1, 0.15) is 6.04 Å². The van der Waals surface area contributed by atoms with Crippen LogP contribution >= 0.6 is 0 Å². The van der Waals surface area contributed by atoms with Crippen LogP contribution in [0.5, 0.6) is 0 Å². The third kappa shape index (κ3) is 3.85. The van der Waals surface area contributed by atoms with Crippen molar-refractivity contribution in [1.29, 1.82) is 0 Å². The smallest absolute Gasteiger partial charge is 0.326 e. The predicted octanol–water partition coefficient (Wildman–Crippen LogP) is -0.493. The van der Waals surface area contributed by atoms with Crippen LogP contribution in [0.4, 0.5) is 0 Å². The van der Waals surface area contributed by atoms with E-state index in [0.717, 1.165) is 0 Å². The van der Waals surface area contributed by atoms with E-state index in [1.807, 2.05) is 6.92 Å². The second kappa shape index (κ2) is 6.75. The maximum Gasteiger partial charge on any atom is 0.326 e. The summed E-state index contributed by atoms with van der Waals surface area (Å²) in [5.41, 5.74) is 6.10. The summed E-state index contributed by atoms with van der Waals surface area (Å²) in [6.45, 7) is 2.04. The number of aliphatic carboxylic acids is 1. The molecule has 0 aliphatic heterocycles. The van der Waals surface area contributed by atoms with Gasteiger partial charge in [0.2, 0.25) is 5.91 Å². The van der Waals surface area contributed by atoms with Crippen LogP contribution in [0.3, 0.4) is 0 Å². The van der Waals surface area contributed by atoms with Gasteiger partial charge in [-0.25, -0.2) is 9.78 Å². The highest BCUT2D eigenvalue weighted by atomic mass is 16.4. The van der Waals surface area contributed by atoms with Crippen molar-refractivity contribution in [3.05, 3.63) is 18.2 Å². The summed E-state index contributed by atoms with van der Waals surface area (Å²) in [5, 5.41) is 11.6. The number of carbonyl (C=O) groups excluding carboxylic acids is 1. The van der Waals surface area contributed by atoms with Crippen LogP contribution in [0.2, 0.25) is 0 Å². The minimum absolute atomic E-state index is 0.169. The van der Waals surface area contributed by atoms with Crippen molar-refractivity contribution in [3.8, 4) is 0 Å². The summed E-state index contributed by atoms with van der Waals surface area (Å²) in [4.78, 5) is 29.5. The van der Waals surface area contributed by atoms with Crippen LogP contribution < -0.4 is 11.1 Å². The Morgan fingerprint density at radius 2 is 2.33 bits per heavy atom. The lowest BCUT2D eigenvalue weighted by molar-refractivity contribution is -0.142. The number of imidazole rings is 1. The molecule has 0 spiro atoms. The second-order valence-corrected chi connectivity index (χ2v) is 4.02. The Bertz CT molecular complexity index is 387. The van der Waals surface area contributed by atoms with Gasteiger partial charge in [-0.2, -0.15) is 0 Å². The lowest BCUT2D eigenvalue weighted by atomic mass is 10.0. The number of amides is 1. The molecular formula is C11H18N4O3. The van der Waals surface area contributed by atoms with Crippen molar-refractivity contribution in [2.45, 2.75) is 25.8 Å². The highest BCUT2D eigenvalue weighted by molar-refractivity contribution is 5.85. The van der Waals surface area contributed by atoms with E-state index in [4.69, 9.17) is 10.8 Å². The van der Waals surface area contributed by atoms with Crippen molar-refractivity contribution in [1.82, 2.24) is 15.3 Å². The first-order valence-electron chi connectivity index (χ1n) is 5.79. The van der Waals surface area contributed by atoms with Crippen molar-refractivity contribution >= 4 is 11.9 Å². The average Bonchev–Trinajstić information content (AvgIpc) is 2.82. The molecule has 1 rings (SSSR count). The maximum absolute atomic E-state index is 11.8. The molecule has 0 aliphatic carbocycles. The molecule has 5 N–H and O–H groups in total. The molecule has 1 aromatic rings. The van der Waals surface area contributed by atoms with E-state index in [-0.39, 0.29) is 24.8 Å². The summed E-state index contributed by atoms with van der Waals surface area (Å²) < 4.78 is 0. The van der Waals surface area contributed by atoms with Crippen LogP contribution in [0.25, 0.3) is 0 Å². The Hall–Kier alpha value is -1.89. The van der Waals surface area contributed by atoms with Gasteiger partial charge in [-0.1, -0.05) is 6.92 Å². The van der Waals surface area contributed by atoms with E-state index in [2.05, 4.69) is 15.3 Å². The zero-order chi connectivity index (χ0) is 13.5. The normalized spacial score (nSPS) is 13.9. The van der Waals surface area contributed by atoms with Gasteiger partial charge >= 0.3 is 5.97 Å². The van der Waals surface area contributed by atoms with E-state index >= 15 is 0 Å². The minimum atomic E-state index is -1.08. The topological polar surface area (TPSA) is 121 Å². The quantitative estimate of drug-likeness (QED) is 0.523. The van der Waals surface area contributed by atoms with Crippen molar-refractivity contribution in [2.75, 3.05) is 6.54 Å². The minimum Gasteiger partial charge on any atom is -0.480 e. The van der Waals surface area contributed by atoms with E-state index in [9.17, 15) is 9.59 Å². The molecule has 0 fully saturated rings. The third-order valence-electron chi connectivity index (χ3n) is 2.74. The van der Waals surface area contributed by atoms with Gasteiger partial charge in [0.15, 0.2) is 0 Å². The highest BCUT2D eigenvalue weighted by Gasteiger charge is 2.24. The number of aromatic amines is 1. The predicted molar refractivity (Wildman–Crippen MR) is 64.7 cm³/mol. The molecule has 0 saturated heterocycles. The van der Waals surface area contributed by atoms with Crippen LogP contribution in [0, 0.1) is 5.92 Å². The number of carboxylic acids is 1. The van der Waals surface area contributed by atoms with Gasteiger partial charge in [0, 0.05) is 30.8 Å². The molecule has 100 valence electrons. The summed E-state index contributed by atoms with van der Waals surface area (Å²) in [5.74, 6) is -1.76. The first kappa shape index (κ1) is 14.2. The van der Waals surface area contributed by atoms with Crippen molar-refractivity contribution in [3.63, 3.8) is 0 Å². The van der Waals surface area contributed by atoms with Crippen LogP contribution in [0.15, 0.2) is 12.5 Å². The fourth-order valence-electron chi connectivity index (χ4n) is 1.56. The first-order valence-corrected chi connectivity index (χ1v) is 5.79. The molecule has 1 heterocycles. The zero-order valence-corrected chi connectivity index (χ0v) is 10.2. The van der Waals surface area contributed by atoms with Crippen LogP contribution in [0.1, 0.15) is 19.0 Å². The molecular weight excluding hydrogens is 236 g/mol. The van der Waals surface area contributed by atoms with E-state index in [1.54, 1.807) is 0 Å². The Kier molecular flexibility index (Phi) is 5.31. The lowest BCUT2D eigenvalue weighted by Gasteiger charge is -2.17. The molecule has 2 atom stereocenters. The number of rotatable bonds is 7. The Morgan fingerprint density at radius 3 is 2.78 bits per heavy atom. The summed E-state index contributed by atoms with van der Waals surface area (Å²) in [6, 6.07) is -0.974. The standard InChI is InChI=1S/C11H18N4O3/c1-2-7(4-12)10(16)15-9(11(17)18)3-8-5-13-6-14-8/h5-7,9H,2-4,12H2,1H3,(H,13,14)(H,15,16)(H,17,18)/t7?,9-/m0/s1. The largest absolute Gasteiger partial charge is 0.480 e. The molecule has 18 heavy (non-hydrogen) atoms. The number of hydrogen-bond acceptors (Lipinski definition) is 4. The fraction of sp³-hybridized carbons (Fsp3) is 0.545. The van der Waals surface area contributed by atoms with Gasteiger partial charge in [0.05, 0.1) is 6.33 Å². The molecule has 1 amide bonds. The van der Waals surface area contributed by atoms with Crippen molar-refractivity contribution in [2.24, 2.45) is 11.7 Å². The first-order chi connectivity index (χ1) is 8.58. The Morgan fingerprint density at radius 1 is 1.61 bits per heavy atom. The SMILES string of the molecule is CCC(CN)C(=O)N[C@@H](Cc1cnc[nH]1)C(=O)O. The molecule has 1 unspecified atom stereocenters. The van der Waals surface area contributed by atoms with Gasteiger partial charge in [-0.05, 0) is 6.42 Å². The number of H-pyrrole nitrogens is 1. The number of nitrogens with zero attached hydrogens (tertiary/aromatic N) is 1. The van der Waals surface area contributed by atoms with E-state index in [1.165, 1.54) is 12.5 Å². The number of carbonyl (C=O) groups is 2. The Balaban J connectivity index is 2.63. The number of nitrogens with two attached hydrogens (primary N) is 1. The number of hydrogen-bond donors (Lipinski definition) is 4. The number of aromatic nitrogens is 2.